The van der Waals surface area contributed by atoms with Gasteiger partial charge in [0.05, 0.1) is 5.75 Å². The van der Waals surface area contributed by atoms with Crippen molar-refractivity contribution >= 4 is 21.9 Å². The molecule has 4 nitrogen and oxygen atoms in total. The van der Waals surface area contributed by atoms with Crippen molar-refractivity contribution in [2.45, 2.75) is 51.4 Å². The Morgan fingerprint density at radius 2 is 1.82 bits per heavy atom. The van der Waals surface area contributed by atoms with Crippen LogP contribution in [0.1, 0.15) is 57.1 Å². The first-order chi connectivity index (χ1) is 13.2. The smallest absolute Gasteiger partial charge is 0.215 e. The summed E-state index contributed by atoms with van der Waals surface area (Å²) in [6.07, 6.45) is 8.56. The fraction of sp³-hybridized carbons (Fsp3) is 0.609. The molecule has 1 aromatic carbocycles. The van der Waals surface area contributed by atoms with Gasteiger partial charge in [-0.3, -0.25) is 4.79 Å². The minimum absolute atomic E-state index is 0.0121. The molecule has 3 fully saturated rings. The Hall–Kier alpha value is -1.46. The van der Waals surface area contributed by atoms with Crippen molar-refractivity contribution in [3.63, 3.8) is 0 Å². The standard InChI is InChI=1S/C23H29NO3S/c1-21(2)18-8-10-23(15-18,20(21)25)16-28(26,27)24-13-11-22(12-14-24)9-7-17-5-3-4-6-19(17)22/h3-7,9,18H,8,10-16H2,1-2H3/t18-,23+/m0/s1. The molecule has 4 aliphatic rings. The van der Waals surface area contributed by atoms with Crippen molar-refractivity contribution in [3.05, 3.63) is 41.5 Å². The van der Waals surface area contributed by atoms with Crippen molar-refractivity contribution in [3.8, 4) is 0 Å². The van der Waals surface area contributed by atoms with Crippen LogP contribution in [0.4, 0.5) is 0 Å². The van der Waals surface area contributed by atoms with Crippen LogP contribution >= 0.6 is 0 Å². The topological polar surface area (TPSA) is 54.5 Å². The number of sulfonamides is 1. The summed E-state index contributed by atoms with van der Waals surface area (Å²) in [7, 11) is -3.43. The summed E-state index contributed by atoms with van der Waals surface area (Å²) in [5, 5.41) is 0. The molecule has 1 aromatic rings. The van der Waals surface area contributed by atoms with E-state index in [1.54, 1.807) is 4.31 Å². The van der Waals surface area contributed by atoms with E-state index in [-0.39, 0.29) is 22.4 Å². The molecule has 2 bridgehead atoms. The molecule has 150 valence electrons. The van der Waals surface area contributed by atoms with E-state index < -0.39 is 15.4 Å². The molecule has 0 radical (unpaired) electrons. The molecule has 0 unspecified atom stereocenters. The summed E-state index contributed by atoms with van der Waals surface area (Å²) in [5.41, 5.74) is 1.57. The predicted molar refractivity (Wildman–Crippen MR) is 110 cm³/mol. The highest BCUT2D eigenvalue weighted by Crippen LogP contribution is 2.60. The summed E-state index contributed by atoms with van der Waals surface area (Å²) in [6, 6.07) is 8.43. The van der Waals surface area contributed by atoms with Crippen LogP contribution in [0.3, 0.4) is 0 Å². The molecule has 2 atom stereocenters. The Morgan fingerprint density at radius 3 is 2.50 bits per heavy atom. The zero-order valence-electron chi connectivity index (χ0n) is 16.8. The largest absolute Gasteiger partial charge is 0.298 e. The first kappa shape index (κ1) is 18.6. The number of fused-ring (bicyclic) bond motifs is 4. The molecule has 1 spiro atoms. The van der Waals surface area contributed by atoms with E-state index in [0.29, 0.717) is 19.0 Å². The van der Waals surface area contributed by atoms with Crippen molar-refractivity contribution < 1.29 is 13.2 Å². The highest BCUT2D eigenvalue weighted by molar-refractivity contribution is 7.89. The molecule has 2 saturated carbocycles. The number of rotatable bonds is 3. The third kappa shape index (κ3) is 2.45. The third-order valence-electron chi connectivity index (χ3n) is 8.24. The molecule has 28 heavy (non-hydrogen) atoms. The number of piperidine rings is 1. The maximum absolute atomic E-state index is 13.3. The molecule has 1 aliphatic heterocycles. The van der Waals surface area contributed by atoms with Crippen molar-refractivity contribution in [2.75, 3.05) is 18.8 Å². The van der Waals surface area contributed by atoms with Crippen LogP contribution in [0, 0.1) is 16.7 Å². The SMILES string of the molecule is CC1(C)C(=O)[C@]2(CS(=O)(=O)N3CCC4(C=Cc5ccccc54)CC3)CC[C@H]1C2. The van der Waals surface area contributed by atoms with E-state index in [9.17, 15) is 13.2 Å². The van der Waals surface area contributed by atoms with Crippen LogP contribution in [0.25, 0.3) is 6.08 Å². The molecule has 0 aromatic heterocycles. The number of Topliss-reactive ketones (excluding diaryl/α,β-unsaturated/α-hetero) is 1. The zero-order chi connectivity index (χ0) is 19.8. The quantitative estimate of drug-likeness (QED) is 0.777. The second-order valence-corrected chi connectivity index (χ2v) is 12.0. The number of ketones is 1. The Bertz CT molecular complexity index is 969. The number of carbonyl (C=O) groups is 1. The average molecular weight is 400 g/mol. The third-order valence-corrected chi connectivity index (χ3v) is 10.3. The van der Waals surface area contributed by atoms with Crippen LogP contribution in [0.2, 0.25) is 0 Å². The monoisotopic (exact) mass is 399 g/mol. The molecular weight excluding hydrogens is 370 g/mol. The van der Waals surface area contributed by atoms with Crippen LogP contribution in [-0.4, -0.2) is 37.3 Å². The van der Waals surface area contributed by atoms with Gasteiger partial charge in [0.2, 0.25) is 10.0 Å². The van der Waals surface area contributed by atoms with Gasteiger partial charge in [-0.05, 0) is 49.1 Å². The average Bonchev–Trinajstić information content (AvgIpc) is 3.29. The van der Waals surface area contributed by atoms with Gasteiger partial charge in [0.15, 0.2) is 0 Å². The number of nitrogens with zero attached hydrogens (tertiary/aromatic N) is 1. The number of hydrogen-bond donors (Lipinski definition) is 0. The lowest BCUT2D eigenvalue weighted by Gasteiger charge is -2.40. The van der Waals surface area contributed by atoms with E-state index in [2.05, 4.69) is 36.4 Å². The van der Waals surface area contributed by atoms with Crippen molar-refractivity contribution in [1.29, 1.82) is 0 Å². The fourth-order valence-electron chi connectivity index (χ4n) is 6.49. The maximum atomic E-state index is 13.3. The van der Waals surface area contributed by atoms with Gasteiger partial charge in [-0.25, -0.2) is 12.7 Å². The summed E-state index contributed by atoms with van der Waals surface area (Å²) < 4.78 is 28.2. The summed E-state index contributed by atoms with van der Waals surface area (Å²) in [5.74, 6) is 0.541. The highest BCUT2D eigenvalue weighted by atomic mass is 32.2. The van der Waals surface area contributed by atoms with E-state index in [4.69, 9.17) is 0 Å². The van der Waals surface area contributed by atoms with Gasteiger partial charge in [0.1, 0.15) is 5.78 Å². The Balaban J connectivity index is 1.33. The van der Waals surface area contributed by atoms with E-state index >= 15 is 0 Å². The Kier molecular flexibility index (Phi) is 3.84. The lowest BCUT2D eigenvalue weighted by Crippen LogP contribution is -2.48. The predicted octanol–water partition coefficient (Wildman–Crippen LogP) is 3.77. The van der Waals surface area contributed by atoms with Crippen LogP contribution < -0.4 is 0 Å². The molecule has 5 rings (SSSR count). The van der Waals surface area contributed by atoms with Crippen molar-refractivity contribution in [2.24, 2.45) is 16.7 Å². The molecule has 0 amide bonds. The lowest BCUT2D eigenvalue weighted by atomic mass is 9.71. The van der Waals surface area contributed by atoms with Crippen LogP contribution in [-0.2, 0) is 20.2 Å². The molecular formula is C23H29NO3S. The summed E-state index contributed by atoms with van der Waals surface area (Å²) >= 11 is 0. The first-order valence-corrected chi connectivity index (χ1v) is 12.1. The molecule has 1 heterocycles. The highest BCUT2D eigenvalue weighted by Gasteiger charge is 2.63. The fourth-order valence-corrected chi connectivity index (χ4v) is 8.50. The summed E-state index contributed by atoms with van der Waals surface area (Å²) in [6.45, 7) is 5.08. The molecule has 1 saturated heterocycles. The van der Waals surface area contributed by atoms with Crippen molar-refractivity contribution in [1.82, 2.24) is 4.31 Å². The van der Waals surface area contributed by atoms with Gasteiger partial charge in [0.25, 0.3) is 0 Å². The van der Waals surface area contributed by atoms with E-state index in [0.717, 1.165) is 32.1 Å². The Morgan fingerprint density at radius 1 is 1.11 bits per heavy atom. The van der Waals surface area contributed by atoms with Gasteiger partial charge in [-0.1, -0.05) is 50.3 Å². The maximum Gasteiger partial charge on any atom is 0.215 e. The Labute approximate surface area is 168 Å². The van der Waals surface area contributed by atoms with Gasteiger partial charge in [-0.2, -0.15) is 0 Å². The minimum atomic E-state index is -3.43. The number of allylic oxidation sites excluding steroid dienone is 1. The van der Waals surface area contributed by atoms with Gasteiger partial charge in [0, 0.05) is 29.3 Å². The first-order valence-electron chi connectivity index (χ1n) is 10.5. The normalized spacial score (nSPS) is 32.9. The zero-order valence-corrected chi connectivity index (χ0v) is 17.6. The summed E-state index contributed by atoms with van der Waals surface area (Å²) in [4.78, 5) is 13.0. The van der Waals surface area contributed by atoms with Gasteiger partial charge >= 0.3 is 0 Å². The number of carbonyl (C=O) groups excluding carboxylic acids is 1. The van der Waals surface area contributed by atoms with Crippen LogP contribution in [0.5, 0.6) is 0 Å². The van der Waals surface area contributed by atoms with E-state index in [1.165, 1.54) is 11.1 Å². The second-order valence-electron chi connectivity index (χ2n) is 10.0. The second kappa shape index (κ2) is 5.79. The van der Waals surface area contributed by atoms with Crippen LogP contribution in [0.15, 0.2) is 30.3 Å². The number of benzene rings is 1. The van der Waals surface area contributed by atoms with E-state index in [1.807, 2.05) is 13.8 Å². The van der Waals surface area contributed by atoms with Gasteiger partial charge in [-0.15, -0.1) is 0 Å². The molecule has 3 aliphatic carbocycles. The number of hydrogen-bond acceptors (Lipinski definition) is 3. The van der Waals surface area contributed by atoms with Gasteiger partial charge < -0.3 is 0 Å². The molecule has 5 heteroatoms. The minimum Gasteiger partial charge on any atom is -0.298 e. The molecule has 0 N–H and O–H groups in total. The lowest BCUT2D eigenvalue weighted by molar-refractivity contribution is -0.134.